The van der Waals surface area contributed by atoms with Gasteiger partial charge in [-0.1, -0.05) is 67.6 Å². The average molecular weight is 358 g/mol. The first-order valence-electron chi connectivity index (χ1n) is 9.09. The normalized spacial score (nSPS) is 20.9. The van der Waals surface area contributed by atoms with Crippen molar-refractivity contribution in [3.63, 3.8) is 0 Å². The van der Waals surface area contributed by atoms with Crippen molar-refractivity contribution in [2.24, 2.45) is 0 Å². The van der Waals surface area contributed by atoms with Crippen LogP contribution in [0.1, 0.15) is 43.9 Å². The molecule has 2 atom stereocenters. The molecule has 0 bridgehead atoms. The van der Waals surface area contributed by atoms with Gasteiger partial charge in [0.2, 0.25) is 0 Å². The van der Waals surface area contributed by atoms with Gasteiger partial charge in [0.1, 0.15) is 0 Å². The van der Waals surface area contributed by atoms with E-state index in [4.69, 9.17) is 0 Å². The molecule has 134 valence electrons. The lowest BCUT2D eigenvalue weighted by molar-refractivity contribution is 0.114. The highest BCUT2D eigenvalue weighted by Gasteiger charge is 2.38. The van der Waals surface area contributed by atoms with Gasteiger partial charge in [0.25, 0.3) is 0 Å². The molecule has 2 aromatic rings. The van der Waals surface area contributed by atoms with Crippen LogP contribution in [0.3, 0.4) is 0 Å². The maximum Gasteiger partial charge on any atom is 0.151 e. The van der Waals surface area contributed by atoms with Gasteiger partial charge in [-0.3, -0.25) is 4.90 Å². The predicted octanol–water partition coefficient (Wildman–Crippen LogP) is 4.06. The topological polar surface area (TPSA) is 37.4 Å². The summed E-state index contributed by atoms with van der Waals surface area (Å²) in [5.74, 6) is 0.578. The summed E-state index contributed by atoms with van der Waals surface area (Å²) >= 11 is 0. The van der Waals surface area contributed by atoms with E-state index in [2.05, 4.69) is 67.3 Å². The summed E-state index contributed by atoms with van der Waals surface area (Å²) in [5.41, 5.74) is 2.44. The van der Waals surface area contributed by atoms with Gasteiger partial charge in [0.15, 0.2) is 9.84 Å². The smallest absolute Gasteiger partial charge is 0.151 e. The second-order valence-corrected chi connectivity index (χ2v) is 9.21. The van der Waals surface area contributed by atoms with Crippen LogP contribution < -0.4 is 0 Å². The molecule has 3 nitrogen and oxygen atoms in total. The summed E-state index contributed by atoms with van der Waals surface area (Å²) in [6.45, 7) is 4.39. The molecule has 1 fully saturated rings. The Bertz CT molecular complexity index is 735. The fourth-order valence-corrected chi connectivity index (χ4v) is 5.58. The molecule has 1 heterocycles. The summed E-state index contributed by atoms with van der Waals surface area (Å²) in [5, 5.41) is 0. The minimum atomic E-state index is -2.92. The number of benzene rings is 2. The van der Waals surface area contributed by atoms with Crippen molar-refractivity contribution in [1.82, 2.24) is 4.90 Å². The first-order valence-corrected chi connectivity index (χ1v) is 10.9. The van der Waals surface area contributed by atoms with Gasteiger partial charge >= 0.3 is 0 Å². The van der Waals surface area contributed by atoms with Crippen LogP contribution >= 0.6 is 0 Å². The number of sulfone groups is 1. The first kappa shape index (κ1) is 18.2. The van der Waals surface area contributed by atoms with Gasteiger partial charge in [0, 0.05) is 12.1 Å². The van der Waals surface area contributed by atoms with Crippen LogP contribution in [0.15, 0.2) is 60.7 Å². The fourth-order valence-electron chi connectivity index (χ4n) is 3.85. The molecule has 0 aromatic heterocycles. The van der Waals surface area contributed by atoms with Gasteiger partial charge in [-0.25, -0.2) is 8.42 Å². The zero-order chi connectivity index (χ0) is 17.9. The van der Waals surface area contributed by atoms with Crippen LogP contribution in [0.5, 0.6) is 0 Å². The van der Waals surface area contributed by atoms with Crippen LogP contribution in [0.2, 0.25) is 0 Å². The summed E-state index contributed by atoms with van der Waals surface area (Å²) in [4.78, 5) is 2.44. The Morgan fingerprint density at radius 1 is 1.00 bits per heavy atom. The molecule has 2 aromatic carbocycles. The van der Waals surface area contributed by atoms with Gasteiger partial charge in [0.05, 0.1) is 17.5 Å². The van der Waals surface area contributed by atoms with E-state index in [1.165, 1.54) is 11.1 Å². The molecular weight excluding hydrogens is 330 g/mol. The molecule has 0 unspecified atom stereocenters. The Hall–Kier alpha value is -1.65. The van der Waals surface area contributed by atoms with Crippen molar-refractivity contribution in [2.45, 2.75) is 44.8 Å². The summed E-state index contributed by atoms with van der Waals surface area (Å²) in [6, 6.07) is 21.4. The van der Waals surface area contributed by atoms with Crippen LogP contribution in [-0.2, 0) is 9.84 Å². The second-order valence-electron chi connectivity index (χ2n) is 6.99. The Morgan fingerprint density at radius 2 is 1.52 bits per heavy atom. The highest BCUT2D eigenvalue weighted by atomic mass is 32.2. The van der Waals surface area contributed by atoms with Crippen LogP contribution in [0.4, 0.5) is 0 Å². The molecule has 1 aliphatic heterocycles. The lowest BCUT2D eigenvalue weighted by Crippen LogP contribution is -2.45. The van der Waals surface area contributed by atoms with E-state index in [0.717, 1.165) is 12.8 Å². The summed E-state index contributed by atoms with van der Waals surface area (Å²) < 4.78 is 24.3. The van der Waals surface area contributed by atoms with Gasteiger partial charge in [-0.15, -0.1) is 0 Å². The van der Waals surface area contributed by atoms with Crippen molar-refractivity contribution in [3.8, 4) is 0 Å². The number of hydrogen-bond acceptors (Lipinski definition) is 3. The molecule has 0 amide bonds. The van der Waals surface area contributed by atoms with Crippen molar-refractivity contribution >= 4 is 9.84 Å². The zero-order valence-corrected chi connectivity index (χ0v) is 15.8. The average Bonchev–Trinajstić information content (AvgIpc) is 2.99. The summed E-state index contributed by atoms with van der Waals surface area (Å²) in [6.07, 6.45) is 1.72. The molecule has 1 saturated heterocycles. The molecule has 1 aliphatic rings. The molecule has 4 heteroatoms. The van der Waals surface area contributed by atoms with Gasteiger partial charge in [-0.2, -0.15) is 0 Å². The number of nitrogens with zero attached hydrogens (tertiary/aromatic N) is 1. The van der Waals surface area contributed by atoms with Crippen LogP contribution in [-0.4, -0.2) is 36.9 Å². The van der Waals surface area contributed by atoms with E-state index in [1.54, 1.807) is 0 Å². The van der Waals surface area contributed by atoms with Gasteiger partial charge in [-0.05, 0) is 30.9 Å². The van der Waals surface area contributed by atoms with E-state index < -0.39 is 9.84 Å². The molecule has 0 saturated carbocycles. The van der Waals surface area contributed by atoms with E-state index in [0.29, 0.717) is 11.8 Å². The van der Waals surface area contributed by atoms with Crippen molar-refractivity contribution in [3.05, 3.63) is 71.8 Å². The van der Waals surface area contributed by atoms with Gasteiger partial charge < -0.3 is 0 Å². The third-order valence-corrected chi connectivity index (χ3v) is 7.01. The third-order valence-electron chi connectivity index (χ3n) is 5.26. The highest BCUT2D eigenvalue weighted by Crippen LogP contribution is 2.35. The molecule has 25 heavy (non-hydrogen) atoms. The molecule has 0 N–H and O–H groups in total. The highest BCUT2D eigenvalue weighted by molar-refractivity contribution is 7.91. The van der Waals surface area contributed by atoms with Crippen LogP contribution in [0.25, 0.3) is 0 Å². The molecule has 0 radical (unpaired) electrons. The predicted molar refractivity (Wildman–Crippen MR) is 103 cm³/mol. The quantitative estimate of drug-likeness (QED) is 0.782. The lowest BCUT2D eigenvalue weighted by Gasteiger charge is -2.41. The Balaban J connectivity index is 2.07. The van der Waals surface area contributed by atoms with E-state index >= 15 is 0 Å². The fraction of sp³-hybridized carbons (Fsp3) is 0.429. The Labute approximate surface area is 151 Å². The minimum absolute atomic E-state index is 0.0744. The maximum absolute atomic E-state index is 12.1. The third kappa shape index (κ3) is 4.13. The number of rotatable bonds is 6. The van der Waals surface area contributed by atoms with Crippen molar-refractivity contribution in [1.29, 1.82) is 0 Å². The SMILES string of the molecule is CC[C@H](C)N(C(c1ccccc1)c1ccccc1)[C@@H]1CCS(=O)(=O)C1. The summed E-state index contributed by atoms with van der Waals surface area (Å²) in [7, 11) is -2.92. The zero-order valence-electron chi connectivity index (χ0n) is 15.0. The molecule has 0 spiro atoms. The lowest BCUT2D eigenvalue weighted by atomic mass is 9.93. The minimum Gasteiger partial charge on any atom is -0.286 e. The molecule has 3 rings (SSSR count). The molecular formula is C21H27NO2S. The first-order chi connectivity index (χ1) is 12.0. The Kier molecular flexibility index (Phi) is 5.60. The van der Waals surface area contributed by atoms with Crippen molar-refractivity contribution < 1.29 is 8.42 Å². The van der Waals surface area contributed by atoms with E-state index in [1.807, 2.05) is 12.1 Å². The standard InChI is InChI=1S/C21H27NO2S/c1-3-17(2)22(20-14-15-25(23,24)16-20)21(18-10-6-4-7-11-18)19-12-8-5-9-13-19/h4-13,17,20-21H,3,14-16H2,1-2H3/t17-,20+/m0/s1. The monoisotopic (exact) mass is 357 g/mol. The largest absolute Gasteiger partial charge is 0.286 e. The second kappa shape index (κ2) is 7.71. The molecule has 0 aliphatic carbocycles. The maximum atomic E-state index is 12.1. The van der Waals surface area contributed by atoms with Crippen LogP contribution in [0, 0.1) is 0 Å². The number of hydrogen-bond donors (Lipinski definition) is 0. The Morgan fingerprint density at radius 3 is 1.92 bits per heavy atom. The van der Waals surface area contributed by atoms with E-state index in [-0.39, 0.29) is 17.8 Å². The van der Waals surface area contributed by atoms with Crippen molar-refractivity contribution in [2.75, 3.05) is 11.5 Å². The van der Waals surface area contributed by atoms with E-state index in [9.17, 15) is 8.42 Å².